The maximum Gasteiger partial charge on any atom is 0.240 e. The van der Waals surface area contributed by atoms with Gasteiger partial charge in [0.1, 0.15) is 5.82 Å². The van der Waals surface area contributed by atoms with Gasteiger partial charge >= 0.3 is 0 Å². The van der Waals surface area contributed by atoms with E-state index in [1.807, 2.05) is 17.2 Å². The number of carbonyl (C=O) groups excluding carboxylic acids is 1. The number of nitrogens with two attached hydrogens (primary N) is 1. The van der Waals surface area contributed by atoms with Crippen molar-refractivity contribution in [2.75, 3.05) is 12.0 Å². The lowest BCUT2D eigenvalue weighted by molar-refractivity contribution is -0.133. The van der Waals surface area contributed by atoms with Crippen molar-refractivity contribution in [1.82, 2.24) is 4.90 Å². The van der Waals surface area contributed by atoms with Crippen molar-refractivity contribution >= 4 is 17.7 Å². The Morgan fingerprint density at radius 3 is 2.90 bits per heavy atom. The first kappa shape index (κ1) is 15.3. The van der Waals surface area contributed by atoms with Crippen LogP contribution in [0, 0.1) is 5.82 Å². The first-order valence-electron chi connectivity index (χ1n) is 6.91. The van der Waals surface area contributed by atoms with Crippen molar-refractivity contribution in [2.45, 2.75) is 37.9 Å². The monoisotopic (exact) mass is 296 g/mol. The predicted molar refractivity (Wildman–Crippen MR) is 80.9 cm³/mol. The minimum Gasteiger partial charge on any atom is -0.334 e. The molecule has 1 fully saturated rings. The van der Waals surface area contributed by atoms with Gasteiger partial charge in [-0.3, -0.25) is 4.79 Å². The second-order valence-corrected chi connectivity index (χ2v) is 6.20. The zero-order chi connectivity index (χ0) is 14.5. The molecule has 3 nitrogen and oxygen atoms in total. The first-order chi connectivity index (χ1) is 9.61. The summed E-state index contributed by atoms with van der Waals surface area (Å²) >= 11 is 1.69. The van der Waals surface area contributed by atoms with E-state index in [4.69, 9.17) is 5.73 Å². The van der Waals surface area contributed by atoms with Crippen molar-refractivity contribution < 1.29 is 9.18 Å². The number of thioether (sulfide) groups is 1. The van der Waals surface area contributed by atoms with Gasteiger partial charge in [-0.15, -0.1) is 0 Å². The van der Waals surface area contributed by atoms with Gasteiger partial charge in [0.2, 0.25) is 5.91 Å². The molecule has 0 saturated heterocycles. The van der Waals surface area contributed by atoms with E-state index in [0.717, 1.165) is 24.2 Å². The topological polar surface area (TPSA) is 46.3 Å². The van der Waals surface area contributed by atoms with Gasteiger partial charge in [-0.2, -0.15) is 11.8 Å². The fourth-order valence-corrected chi connectivity index (χ4v) is 2.68. The predicted octanol–water partition coefficient (Wildman–Crippen LogP) is 2.40. The molecule has 2 N–H and O–H groups in total. The summed E-state index contributed by atoms with van der Waals surface area (Å²) in [7, 11) is 0. The Balaban J connectivity index is 2.01. The summed E-state index contributed by atoms with van der Waals surface area (Å²) in [5, 5.41) is 0. The zero-order valence-electron chi connectivity index (χ0n) is 11.7. The molecule has 0 unspecified atom stereocenters. The van der Waals surface area contributed by atoms with Crippen molar-refractivity contribution in [3.8, 4) is 0 Å². The van der Waals surface area contributed by atoms with Crippen molar-refractivity contribution in [3.05, 3.63) is 35.6 Å². The number of halogens is 1. The van der Waals surface area contributed by atoms with Gasteiger partial charge in [0.15, 0.2) is 0 Å². The van der Waals surface area contributed by atoms with Crippen LogP contribution in [0.2, 0.25) is 0 Å². The lowest BCUT2D eigenvalue weighted by Gasteiger charge is -2.25. The minimum atomic E-state index is -0.448. The molecule has 1 amide bonds. The van der Waals surface area contributed by atoms with Gasteiger partial charge in [-0.05, 0) is 49.0 Å². The standard InChI is InChI=1S/C15H21FN2OS/c1-20-8-7-14(17)15(19)18(13-5-6-13)10-11-3-2-4-12(16)9-11/h2-4,9,13-14H,5-8,10,17H2,1H3/t14-/m0/s1. The molecule has 0 heterocycles. The quantitative estimate of drug-likeness (QED) is 0.840. The molecule has 0 radical (unpaired) electrons. The van der Waals surface area contributed by atoms with E-state index in [0.29, 0.717) is 13.0 Å². The molecule has 1 aromatic rings. The Morgan fingerprint density at radius 2 is 2.30 bits per heavy atom. The normalized spacial score (nSPS) is 15.9. The largest absolute Gasteiger partial charge is 0.334 e. The molecule has 1 saturated carbocycles. The van der Waals surface area contributed by atoms with Crippen LogP contribution in [0.5, 0.6) is 0 Å². The molecular weight excluding hydrogens is 275 g/mol. The van der Waals surface area contributed by atoms with Crippen molar-refractivity contribution in [2.24, 2.45) is 5.73 Å². The molecule has 1 aromatic carbocycles. The third-order valence-corrected chi connectivity index (χ3v) is 4.11. The molecule has 0 spiro atoms. The Kier molecular flexibility index (Phi) is 5.43. The summed E-state index contributed by atoms with van der Waals surface area (Å²) < 4.78 is 13.2. The number of hydrogen-bond donors (Lipinski definition) is 1. The molecule has 20 heavy (non-hydrogen) atoms. The van der Waals surface area contributed by atoms with Gasteiger partial charge in [0.25, 0.3) is 0 Å². The molecule has 0 aliphatic heterocycles. The summed E-state index contributed by atoms with van der Waals surface area (Å²) in [5.41, 5.74) is 6.80. The average Bonchev–Trinajstić information content (AvgIpc) is 3.26. The van der Waals surface area contributed by atoms with E-state index >= 15 is 0 Å². The van der Waals surface area contributed by atoms with Crippen LogP contribution in [-0.4, -0.2) is 34.9 Å². The lowest BCUT2D eigenvalue weighted by atomic mass is 10.1. The molecule has 5 heteroatoms. The van der Waals surface area contributed by atoms with Crippen LogP contribution in [0.1, 0.15) is 24.8 Å². The third-order valence-electron chi connectivity index (χ3n) is 3.46. The SMILES string of the molecule is CSCC[C@H](N)C(=O)N(Cc1cccc(F)c1)C1CC1. The van der Waals surface area contributed by atoms with E-state index in [1.54, 1.807) is 17.8 Å². The van der Waals surface area contributed by atoms with Crippen LogP contribution in [0.3, 0.4) is 0 Å². The maximum absolute atomic E-state index is 13.2. The first-order valence-corrected chi connectivity index (χ1v) is 8.30. The number of nitrogens with zero attached hydrogens (tertiary/aromatic N) is 1. The van der Waals surface area contributed by atoms with E-state index in [9.17, 15) is 9.18 Å². The van der Waals surface area contributed by atoms with Gasteiger partial charge in [-0.1, -0.05) is 12.1 Å². The average molecular weight is 296 g/mol. The summed E-state index contributed by atoms with van der Waals surface area (Å²) in [6, 6.07) is 6.25. The molecule has 1 aliphatic rings. The Hall–Kier alpha value is -1.07. The zero-order valence-corrected chi connectivity index (χ0v) is 12.5. The fourth-order valence-electron chi connectivity index (χ4n) is 2.19. The highest BCUT2D eigenvalue weighted by molar-refractivity contribution is 7.98. The van der Waals surface area contributed by atoms with Crippen LogP contribution in [0.25, 0.3) is 0 Å². The summed E-state index contributed by atoms with van der Waals surface area (Å²) in [4.78, 5) is 14.2. The molecule has 110 valence electrons. The Morgan fingerprint density at radius 1 is 1.55 bits per heavy atom. The van der Waals surface area contributed by atoms with E-state index in [2.05, 4.69) is 0 Å². The van der Waals surface area contributed by atoms with Crippen LogP contribution in [0.15, 0.2) is 24.3 Å². The van der Waals surface area contributed by atoms with Crippen LogP contribution in [0.4, 0.5) is 4.39 Å². The van der Waals surface area contributed by atoms with E-state index in [-0.39, 0.29) is 17.8 Å². The van der Waals surface area contributed by atoms with Gasteiger partial charge in [-0.25, -0.2) is 4.39 Å². The highest BCUT2D eigenvalue weighted by atomic mass is 32.2. The fraction of sp³-hybridized carbons (Fsp3) is 0.533. The number of amides is 1. The summed E-state index contributed by atoms with van der Waals surface area (Å²) in [6.07, 6.45) is 4.74. The van der Waals surface area contributed by atoms with Gasteiger partial charge in [0, 0.05) is 12.6 Å². The number of rotatable bonds is 7. The highest BCUT2D eigenvalue weighted by Gasteiger charge is 2.34. The number of hydrogen-bond acceptors (Lipinski definition) is 3. The van der Waals surface area contributed by atoms with E-state index < -0.39 is 6.04 Å². The van der Waals surface area contributed by atoms with Crippen LogP contribution < -0.4 is 5.73 Å². The van der Waals surface area contributed by atoms with Crippen molar-refractivity contribution in [1.29, 1.82) is 0 Å². The van der Waals surface area contributed by atoms with Crippen molar-refractivity contribution in [3.63, 3.8) is 0 Å². The Labute approximate surface area is 123 Å². The minimum absolute atomic E-state index is 0.00851. The number of carbonyl (C=O) groups is 1. The molecule has 1 aliphatic carbocycles. The summed E-state index contributed by atoms with van der Waals surface area (Å²) in [5.74, 6) is 0.606. The lowest BCUT2D eigenvalue weighted by Crippen LogP contribution is -2.44. The molecular formula is C15H21FN2OS. The molecule has 2 rings (SSSR count). The summed E-state index contributed by atoms with van der Waals surface area (Å²) in [6.45, 7) is 0.453. The smallest absolute Gasteiger partial charge is 0.240 e. The highest BCUT2D eigenvalue weighted by Crippen LogP contribution is 2.29. The third kappa shape index (κ3) is 4.21. The maximum atomic E-state index is 13.2. The second-order valence-electron chi connectivity index (χ2n) is 5.22. The van der Waals surface area contributed by atoms with Crippen LogP contribution >= 0.6 is 11.8 Å². The molecule has 1 atom stereocenters. The second kappa shape index (κ2) is 7.09. The van der Waals surface area contributed by atoms with Crippen LogP contribution in [-0.2, 0) is 11.3 Å². The Bertz CT molecular complexity index is 465. The number of benzene rings is 1. The molecule has 0 aromatic heterocycles. The van der Waals surface area contributed by atoms with Gasteiger partial charge in [0.05, 0.1) is 6.04 Å². The van der Waals surface area contributed by atoms with Gasteiger partial charge < -0.3 is 10.6 Å². The molecule has 0 bridgehead atoms. The van der Waals surface area contributed by atoms with E-state index in [1.165, 1.54) is 12.1 Å².